The first-order valence-corrected chi connectivity index (χ1v) is 9.81. The second-order valence-corrected chi connectivity index (χ2v) is 9.12. The monoisotopic (exact) mass is 374 g/mol. The molecule has 1 atom stereocenters. The molecule has 1 unspecified atom stereocenters. The van der Waals surface area contributed by atoms with Gasteiger partial charge < -0.3 is 19.4 Å². The van der Waals surface area contributed by atoms with Gasteiger partial charge in [0.2, 0.25) is 0 Å². The Bertz CT molecular complexity index is 466. The highest BCUT2D eigenvalue weighted by Gasteiger charge is 2.48. The van der Waals surface area contributed by atoms with E-state index in [9.17, 15) is 0 Å². The average molecular weight is 375 g/mol. The summed E-state index contributed by atoms with van der Waals surface area (Å²) in [6, 6.07) is 10.2. The van der Waals surface area contributed by atoms with Gasteiger partial charge in [-0.3, -0.25) is 4.57 Å². The Morgan fingerprint density at radius 3 is 2.12 bits per heavy atom. The Morgan fingerprint density at radius 2 is 1.71 bits per heavy atom. The van der Waals surface area contributed by atoms with Crippen LogP contribution in [0, 0.1) is 0 Å². The van der Waals surface area contributed by atoms with Gasteiger partial charge in [0.1, 0.15) is 0 Å². The van der Waals surface area contributed by atoms with Crippen LogP contribution in [0.15, 0.2) is 43.0 Å². The Labute approximate surface area is 152 Å². The van der Waals surface area contributed by atoms with Crippen molar-refractivity contribution in [2.24, 2.45) is 0 Å². The molecule has 5 nitrogen and oxygen atoms in total. The van der Waals surface area contributed by atoms with Gasteiger partial charge in [-0.2, -0.15) is 0 Å². The summed E-state index contributed by atoms with van der Waals surface area (Å²) in [5, 5.41) is 0. The summed E-state index contributed by atoms with van der Waals surface area (Å²) in [5.41, 5.74) is 1.17. The first kappa shape index (κ1) is 23.3. The topological polar surface area (TPSA) is 65.9 Å². The zero-order valence-corrected chi connectivity index (χ0v) is 17.0. The third-order valence-electron chi connectivity index (χ3n) is 3.82. The predicted molar refractivity (Wildman–Crippen MR) is 103 cm³/mol. The molecule has 0 heterocycles. The molecule has 0 aliphatic heterocycles. The van der Waals surface area contributed by atoms with Crippen molar-refractivity contribution in [2.45, 2.75) is 24.6 Å². The second-order valence-electron chi connectivity index (χ2n) is 5.46. The summed E-state index contributed by atoms with van der Waals surface area (Å²) >= 11 is 6.86. The number of hydrogen-bond donors (Lipinski definition) is 1. The van der Waals surface area contributed by atoms with E-state index in [0.717, 1.165) is 13.0 Å². The van der Waals surface area contributed by atoms with E-state index in [1.807, 2.05) is 18.2 Å². The molecule has 0 aliphatic rings. The smallest absolute Gasteiger partial charge is 0.364 e. The Hall–Kier alpha value is -0.733. The van der Waals surface area contributed by atoms with Crippen LogP contribution in [-0.2, 0) is 19.7 Å². The Kier molecular flexibility index (Phi) is 10.7. The standard InChI is InChI=1S/C17H28ClNO3Si.H3N/c1-6-13-19(23(20-3,21-4)22-5)15-17(18,7-2)14-16-11-9-8-10-12-16;/h7-12H,2,6,13-15H2,1,3-5H3;1H3. The minimum absolute atomic E-state index is 0. The molecule has 0 saturated carbocycles. The van der Waals surface area contributed by atoms with Crippen LogP contribution in [0.1, 0.15) is 18.9 Å². The van der Waals surface area contributed by atoms with E-state index < -0.39 is 13.8 Å². The lowest BCUT2D eigenvalue weighted by Gasteiger charge is -2.39. The van der Waals surface area contributed by atoms with Gasteiger partial charge in [0.25, 0.3) is 0 Å². The number of hydrogen-bond acceptors (Lipinski definition) is 5. The van der Waals surface area contributed by atoms with Crippen LogP contribution in [-0.4, -0.2) is 52.8 Å². The molecule has 0 spiro atoms. The fraction of sp³-hybridized carbons (Fsp3) is 0.529. The van der Waals surface area contributed by atoms with Crippen LogP contribution in [0.25, 0.3) is 0 Å². The lowest BCUT2D eigenvalue weighted by molar-refractivity contribution is 0.0549. The highest BCUT2D eigenvalue weighted by molar-refractivity contribution is 6.57. The molecule has 0 saturated heterocycles. The lowest BCUT2D eigenvalue weighted by atomic mass is 9.98. The fourth-order valence-corrected chi connectivity index (χ4v) is 5.31. The van der Waals surface area contributed by atoms with Crippen molar-refractivity contribution in [2.75, 3.05) is 34.4 Å². The van der Waals surface area contributed by atoms with Crippen molar-refractivity contribution < 1.29 is 13.3 Å². The Balaban J connectivity index is 0.00000529. The molecule has 0 radical (unpaired) electrons. The molecule has 0 aromatic heterocycles. The molecule has 1 rings (SSSR count). The third kappa shape index (κ3) is 5.97. The zero-order valence-electron chi connectivity index (χ0n) is 15.3. The molecule has 0 aliphatic carbocycles. The normalized spacial score (nSPS) is 14.1. The van der Waals surface area contributed by atoms with E-state index >= 15 is 0 Å². The minimum atomic E-state index is -2.91. The van der Waals surface area contributed by atoms with E-state index in [0.29, 0.717) is 13.0 Å². The van der Waals surface area contributed by atoms with Crippen molar-refractivity contribution in [1.29, 1.82) is 0 Å². The maximum atomic E-state index is 6.86. The summed E-state index contributed by atoms with van der Waals surface area (Å²) in [6.45, 7) is 7.36. The SMILES string of the molecule is C=CC(Cl)(Cc1ccccc1)CN(CCC)[Si](OC)(OC)OC.N. The van der Waals surface area contributed by atoms with E-state index in [4.69, 9.17) is 24.9 Å². The van der Waals surface area contributed by atoms with Gasteiger partial charge in [-0.1, -0.05) is 43.3 Å². The molecule has 1 aromatic rings. The number of benzene rings is 1. The van der Waals surface area contributed by atoms with Gasteiger partial charge in [0, 0.05) is 27.9 Å². The molecule has 0 amide bonds. The highest BCUT2D eigenvalue weighted by Crippen LogP contribution is 2.27. The molecule has 0 bridgehead atoms. The van der Waals surface area contributed by atoms with Gasteiger partial charge in [-0.25, -0.2) is 0 Å². The summed E-state index contributed by atoms with van der Waals surface area (Å²) in [5.74, 6) is 0. The molecular weight excluding hydrogens is 344 g/mol. The first-order valence-electron chi connectivity index (χ1n) is 7.76. The number of rotatable bonds is 11. The summed E-state index contributed by atoms with van der Waals surface area (Å²) in [7, 11) is 1.93. The van der Waals surface area contributed by atoms with E-state index in [1.54, 1.807) is 27.4 Å². The van der Waals surface area contributed by atoms with Crippen LogP contribution >= 0.6 is 11.6 Å². The number of nitrogens with zero attached hydrogens (tertiary/aromatic N) is 1. The molecule has 3 N–H and O–H groups in total. The van der Waals surface area contributed by atoms with Gasteiger partial charge >= 0.3 is 8.97 Å². The molecular formula is C17H31ClN2O3Si. The summed E-state index contributed by atoms with van der Waals surface area (Å²) in [4.78, 5) is -0.621. The lowest BCUT2D eigenvalue weighted by Crippen LogP contribution is -2.62. The molecule has 138 valence electrons. The zero-order chi connectivity index (χ0) is 17.3. The van der Waals surface area contributed by atoms with Crippen LogP contribution in [0.5, 0.6) is 0 Å². The van der Waals surface area contributed by atoms with Gasteiger partial charge in [0.05, 0.1) is 4.87 Å². The maximum absolute atomic E-state index is 6.86. The molecule has 7 heteroatoms. The number of alkyl halides is 1. The molecule has 0 fully saturated rings. The van der Waals surface area contributed by atoms with Gasteiger partial charge in [-0.15, -0.1) is 18.2 Å². The summed E-state index contributed by atoms with van der Waals surface area (Å²) < 4.78 is 18.9. The van der Waals surface area contributed by atoms with Crippen LogP contribution in [0.4, 0.5) is 0 Å². The highest BCUT2D eigenvalue weighted by atomic mass is 35.5. The van der Waals surface area contributed by atoms with Crippen LogP contribution < -0.4 is 6.15 Å². The van der Waals surface area contributed by atoms with E-state index in [-0.39, 0.29) is 6.15 Å². The Morgan fingerprint density at radius 1 is 1.17 bits per heavy atom. The van der Waals surface area contributed by atoms with Crippen LogP contribution in [0.2, 0.25) is 0 Å². The van der Waals surface area contributed by atoms with Crippen molar-refractivity contribution in [3.8, 4) is 0 Å². The second kappa shape index (κ2) is 11.0. The van der Waals surface area contributed by atoms with E-state index in [2.05, 4.69) is 30.2 Å². The largest absolute Gasteiger partial charge is 0.598 e. The first-order chi connectivity index (χ1) is 11.0. The van der Waals surface area contributed by atoms with Gasteiger partial charge in [0.15, 0.2) is 0 Å². The van der Waals surface area contributed by atoms with E-state index in [1.165, 1.54) is 5.56 Å². The van der Waals surface area contributed by atoms with Crippen molar-refractivity contribution >= 4 is 20.6 Å². The minimum Gasteiger partial charge on any atom is -0.364 e. The average Bonchev–Trinajstić information content (AvgIpc) is 2.58. The third-order valence-corrected chi connectivity index (χ3v) is 6.93. The van der Waals surface area contributed by atoms with Crippen molar-refractivity contribution in [1.82, 2.24) is 10.7 Å². The van der Waals surface area contributed by atoms with Crippen LogP contribution in [0.3, 0.4) is 0 Å². The predicted octanol–water partition coefficient (Wildman–Crippen LogP) is 3.64. The van der Waals surface area contributed by atoms with Crippen molar-refractivity contribution in [3.63, 3.8) is 0 Å². The quantitative estimate of drug-likeness (QED) is 0.364. The molecule has 1 aromatic carbocycles. The fourth-order valence-electron chi connectivity index (χ4n) is 2.67. The summed E-state index contributed by atoms with van der Waals surface area (Å²) in [6.07, 6.45) is 3.42. The van der Waals surface area contributed by atoms with Gasteiger partial charge in [-0.05, 0) is 24.9 Å². The number of halogens is 1. The molecule has 24 heavy (non-hydrogen) atoms. The van der Waals surface area contributed by atoms with Crippen molar-refractivity contribution in [3.05, 3.63) is 48.6 Å². The maximum Gasteiger partial charge on any atom is 0.598 e.